The van der Waals surface area contributed by atoms with E-state index in [4.69, 9.17) is 9.97 Å². The van der Waals surface area contributed by atoms with E-state index in [0.29, 0.717) is 5.82 Å². The number of hydrogen-bond acceptors (Lipinski definition) is 5. The largest absolute Gasteiger partial charge is 0.350 e. The molecule has 2 aromatic rings. The van der Waals surface area contributed by atoms with Gasteiger partial charge in [-0.1, -0.05) is 25.8 Å². The van der Waals surface area contributed by atoms with Gasteiger partial charge in [0, 0.05) is 30.0 Å². The number of amides is 1. The van der Waals surface area contributed by atoms with E-state index in [9.17, 15) is 4.79 Å². The van der Waals surface area contributed by atoms with E-state index in [1.807, 2.05) is 46.0 Å². The van der Waals surface area contributed by atoms with Crippen LogP contribution in [-0.2, 0) is 17.6 Å². The molecule has 1 amide bonds. The van der Waals surface area contributed by atoms with Crippen LogP contribution in [0.3, 0.4) is 0 Å². The topological polar surface area (TPSA) is 71.0 Å². The number of carbonyl (C=O) groups is 1. The molecule has 6 nitrogen and oxygen atoms in total. The highest BCUT2D eigenvalue weighted by Gasteiger charge is 2.30. The second-order valence-corrected chi connectivity index (χ2v) is 8.87. The van der Waals surface area contributed by atoms with Crippen molar-refractivity contribution in [3.63, 3.8) is 0 Å². The van der Waals surface area contributed by atoms with Gasteiger partial charge in [0.2, 0.25) is 5.91 Å². The third kappa shape index (κ3) is 5.11. The predicted octanol–water partition coefficient (Wildman–Crippen LogP) is 3.94. The molecule has 1 N–H and O–H groups in total. The van der Waals surface area contributed by atoms with Gasteiger partial charge in [-0.25, -0.2) is 9.97 Å². The van der Waals surface area contributed by atoms with Gasteiger partial charge < -0.3 is 10.2 Å². The van der Waals surface area contributed by atoms with Crippen molar-refractivity contribution in [2.75, 3.05) is 11.9 Å². The van der Waals surface area contributed by atoms with Gasteiger partial charge in [0.05, 0.1) is 0 Å². The first kappa shape index (κ1) is 21.2. The summed E-state index contributed by atoms with van der Waals surface area (Å²) in [5, 5.41) is 3.16. The Hall–Kier alpha value is -2.50. The molecule has 2 heterocycles. The van der Waals surface area contributed by atoms with E-state index in [-0.39, 0.29) is 17.5 Å². The number of aryl methyl sites for hydroxylation is 1. The summed E-state index contributed by atoms with van der Waals surface area (Å²) < 4.78 is 0. The molecule has 29 heavy (non-hydrogen) atoms. The Balaban J connectivity index is 1.99. The molecule has 2 aromatic heterocycles. The third-order valence-electron chi connectivity index (χ3n) is 5.24. The summed E-state index contributed by atoms with van der Waals surface area (Å²) >= 11 is 0. The lowest BCUT2D eigenvalue weighted by atomic mass is 10.0. The first-order chi connectivity index (χ1) is 13.8. The number of nitrogens with zero attached hydrogens (tertiary/aromatic N) is 4. The lowest BCUT2D eigenvalue weighted by Gasteiger charge is -2.32. The number of carbonyl (C=O) groups excluding carboxylic acids is 1. The standard InChI is InChI=1S/C23H33N5O/c1-6-7-14-19(22(29)27-23(2,3)4)28(5)21-16-11-10-13-17(16)25-20(26-21)18-12-8-9-15-24-18/h8-9,12,15,19H,6-7,10-11,13-14H2,1-5H3,(H,27,29)/t19-/m1/s1. The van der Waals surface area contributed by atoms with Crippen molar-refractivity contribution in [2.24, 2.45) is 0 Å². The Kier molecular flexibility index (Phi) is 6.50. The van der Waals surface area contributed by atoms with Gasteiger partial charge >= 0.3 is 0 Å². The summed E-state index contributed by atoms with van der Waals surface area (Å²) in [4.78, 5) is 29.3. The van der Waals surface area contributed by atoms with Crippen LogP contribution in [0, 0.1) is 0 Å². The van der Waals surface area contributed by atoms with Crippen LogP contribution in [0.4, 0.5) is 5.82 Å². The molecule has 1 aliphatic rings. The summed E-state index contributed by atoms with van der Waals surface area (Å²) in [6.07, 6.45) is 7.58. The van der Waals surface area contributed by atoms with Crippen LogP contribution in [0.5, 0.6) is 0 Å². The molecule has 0 aliphatic heterocycles. The average Bonchev–Trinajstić information content (AvgIpc) is 3.15. The third-order valence-corrected chi connectivity index (χ3v) is 5.24. The first-order valence-corrected chi connectivity index (χ1v) is 10.7. The smallest absolute Gasteiger partial charge is 0.243 e. The zero-order valence-electron chi connectivity index (χ0n) is 18.3. The van der Waals surface area contributed by atoms with Crippen LogP contribution in [-0.4, -0.2) is 39.5 Å². The lowest BCUT2D eigenvalue weighted by molar-refractivity contribution is -0.124. The van der Waals surface area contributed by atoms with Crippen LogP contribution in [0.15, 0.2) is 24.4 Å². The summed E-state index contributed by atoms with van der Waals surface area (Å²) in [5.74, 6) is 1.56. The number of fused-ring (bicyclic) bond motifs is 1. The molecule has 0 fully saturated rings. The fraction of sp³-hybridized carbons (Fsp3) is 0.565. The molecule has 0 radical (unpaired) electrons. The monoisotopic (exact) mass is 395 g/mol. The molecule has 156 valence electrons. The fourth-order valence-corrected chi connectivity index (χ4v) is 3.81. The van der Waals surface area contributed by atoms with Crippen molar-refractivity contribution < 1.29 is 4.79 Å². The van der Waals surface area contributed by atoms with Crippen LogP contribution in [0.2, 0.25) is 0 Å². The quantitative estimate of drug-likeness (QED) is 0.769. The molecule has 0 aromatic carbocycles. The van der Waals surface area contributed by atoms with Crippen LogP contribution < -0.4 is 10.2 Å². The van der Waals surface area contributed by atoms with Crippen LogP contribution in [0.25, 0.3) is 11.5 Å². The van der Waals surface area contributed by atoms with E-state index in [1.165, 1.54) is 5.56 Å². The van der Waals surface area contributed by atoms with Crippen molar-refractivity contribution in [3.05, 3.63) is 35.7 Å². The molecule has 0 saturated heterocycles. The Labute approximate surface area is 174 Å². The van der Waals surface area contributed by atoms with E-state index in [2.05, 4.69) is 22.1 Å². The Morgan fingerprint density at radius 2 is 2.03 bits per heavy atom. The molecule has 1 atom stereocenters. The van der Waals surface area contributed by atoms with Crippen molar-refractivity contribution in [3.8, 4) is 11.5 Å². The predicted molar refractivity (Wildman–Crippen MR) is 117 cm³/mol. The van der Waals surface area contributed by atoms with E-state index >= 15 is 0 Å². The summed E-state index contributed by atoms with van der Waals surface area (Å²) in [6, 6.07) is 5.51. The second kappa shape index (κ2) is 8.89. The molecule has 3 rings (SSSR count). The molecular weight excluding hydrogens is 362 g/mol. The highest BCUT2D eigenvalue weighted by atomic mass is 16.2. The number of nitrogens with one attached hydrogen (secondary N) is 1. The Morgan fingerprint density at radius 3 is 2.69 bits per heavy atom. The van der Waals surface area contributed by atoms with Gasteiger partial charge in [0.15, 0.2) is 5.82 Å². The van der Waals surface area contributed by atoms with Gasteiger partial charge in [-0.2, -0.15) is 0 Å². The molecule has 0 unspecified atom stereocenters. The van der Waals surface area contributed by atoms with Crippen molar-refractivity contribution in [1.82, 2.24) is 20.3 Å². The van der Waals surface area contributed by atoms with E-state index in [1.54, 1.807) is 6.20 Å². The number of anilines is 1. The number of rotatable bonds is 7. The lowest BCUT2D eigenvalue weighted by Crippen LogP contribution is -2.51. The van der Waals surface area contributed by atoms with Crippen molar-refractivity contribution in [2.45, 2.75) is 77.8 Å². The van der Waals surface area contributed by atoms with Gasteiger partial charge in [-0.3, -0.25) is 9.78 Å². The highest BCUT2D eigenvalue weighted by molar-refractivity contribution is 5.85. The van der Waals surface area contributed by atoms with Gasteiger partial charge in [-0.05, 0) is 58.6 Å². The number of aromatic nitrogens is 3. The average molecular weight is 396 g/mol. The van der Waals surface area contributed by atoms with Gasteiger partial charge in [0.1, 0.15) is 17.6 Å². The maximum absolute atomic E-state index is 13.1. The van der Waals surface area contributed by atoms with E-state index in [0.717, 1.165) is 55.7 Å². The van der Waals surface area contributed by atoms with Crippen LogP contribution in [0.1, 0.15) is 64.6 Å². The first-order valence-electron chi connectivity index (χ1n) is 10.7. The second-order valence-electron chi connectivity index (χ2n) is 8.87. The number of likely N-dealkylation sites (N-methyl/N-ethyl adjacent to an activating group) is 1. The highest BCUT2D eigenvalue weighted by Crippen LogP contribution is 2.32. The number of pyridine rings is 1. The number of hydrogen-bond donors (Lipinski definition) is 1. The molecule has 6 heteroatoms. The molecule has 0 saturated carbocycles. The molecule has 0 bridgehead atoms. The minimum atomic E-state index is -0.269. The fourth-order valence-electron chi connectivity index (χ4n) is 3.81. The summed E-state index contributed by atoms with van der Waals surface area (Å²) in [7, 11) is 1.99. The molecular formula is C23H33N5O. The Bertz CT molecular complexity index is 844. The van der Waals surface area contributed by atoms with Crippen molar-refractivity contribution >= 4 is 11.7 Å². The Morgan fingerprint density at radius 1 is 1.24 bits per heavy atom. The maximum atomic E-state index is 13.1. The molecule has 1 aliphatic carbocycles. The van der Waals surface area contributed by atoms with Crippen molar-refractivity contribution in [1.29, 1.82) is 0 Å². The van der Waals surface area contributed by atoms with Gasteiger partial charge in [-0.15, -0.1) is 0 Å². The molecule has 0 spiro atoms. The zero-order chi connectivity index (χ0) is 21.0. The summed E-state index contributed by atoms with van der Waals surface area (Å²) in [6.45, 7) is 8.20. The maximum Gasteiger partial charge on any atom is 0.243 e. The van der Waals surface area contributed by atoms with Crippen LogP contribution >= 0.6 is 0 Å². The summed E-state index contributed by atoms with van der Waals surface area (Å²) in [5.41, 5.74) is 2.76. The SMILES string of the molecule is CCCC[C@H](C(=O)NC(C)(C)C)N(C)c1nc(-c2ccccn2)nc2c1CCC2. The minimum Gasteiger partial charge on any atom is -0.350 e. The number of unbranched alkanes of at least 4 members (excludes halogenated alkanes) is 1. The van der Waals surface area contributed by atoms with E-state index < -0.39 is 0 Å². The normalized spacial score (nSPS) is 14.4. The van der Waals surface area contributed by atoms with Gasteiger partial charge in [0.25, 0.3) is 0 Å². The minimum absolute atomic E-state index is 0.0539. The zero-order valence-corrected chi connectivity index (χ0v) is 18.3.